The maximum atomic E-state index is 11.5. The van der Waals surface area contributed by atoms with Gasteiger partial charge < -0.3 is 15.2 Å². The van der Waals surface area contributed by atoms with Crippen LogP contribution in [-0.2, 0) is 10.3 Å². The number of ether oxygens (including phenoxy) is 1. The topological polar surface area (TPSA) is 41.5 Å². The van der Waals surface area contributed by atoms with Crippen LogP contribution in [0.5, 0.6) is 0 Å². The van der Waals surface area contributed by atoms with Crippen molar-refractivity contribution in [2.75, 3.05) is 13.2 Å². The molecular weight excluding hydrogens is 430 g/mol. The highest BCUT2D eigenvalue weighted by Crippen LogP contribution is 2.40. The Balaban J connectivity index is 1.72. The monoisotopic (exact) mass is 465 g/mol. The normalized spacial score (nSPS) is 13.3. The molecule has 2 N–H and O–H groups in total. The Bertz CT molecular complexity index is 1020. The summed E-state index contributed by atoms with van der Waals surface area (Å²) in [5.74, 6) is 0. The number of aliphatic hydroxyl groups is 1. The number of hydrogen-bond donors (Lipinski definition) is 2. The Labute approximate surface area is 209 Å². The lowest BCUT2D eigenvalue weighted by Crippen LogP contribution is -2.40. The average molecular weight is 466 g/mol. The zero-order valence-corrected chi connectivity index (χ0v) is 20.4. The van der Waals surface area contributed by atoms with E-state index in [2.05, 4.69) is 60.8 Å². The van der Waals surface area contributed by atoms with Gasteiger partial charge in [0.05, 0.1) is 18.8 Å². The molecule has 0 amide bonds. The minimum absolute atomic E-state index is 0.164. The largest absolute Gasteiger partial charge is 0.389 e. The predicted octanol–water partition coefficient (Wildman–Crippen LogP) is 6.49. The Hall–Kier alpha value is -3.24. The van der Waals surface area contributed by atoms with Crippen LogP contribution in [0, 0.1) is 0 Å². The number of unbranched alkanes of at least 4 members (excludes halogenated alkanes) is 1. The molecule has 0 radical (unpaired) electrons. The van der Waals surface area contributed by atoms with Crippen LogP contribution in [0.3, 0.4) is 0 Å². The molecular formula is C32H35NO2. The fourth-order valence-corrected chi connectivity index (χ4v) is 4.65. The molecule has 0 unspecified atom stereocenters. The summed E-state index contributed by atoms with van der Waals surface area (Å²) in [5.41, 5.74) is 3.29. The van der Waals surface area contributed by atoms with Crippen molar-refractivity contribution in [3.63, 3.8) is 0 Å². The van der Waals surface area contributed by atoms with Crippen molar-refractivity contribution < 1.29 is 9.84 Å². The van der Waals surface area contributed by atoms with Crippen LogP contribution >= 0.6 is 0 Å². The van der Waals surface area contributed by atoms with Gasteiger partial charge in [-0.1, -0.05) is 135 Å². The van der Waals surface area contributed by atoms with E-state index >= 15 is 0 Å². The van der Waals surface area contributed by atoms with Gasteiger partial charge in [-0.05, 0) is 35.2 Å². The van der Waals surface area contributed by atoms with Crippen molar-refractivity contribution in [1.29, 1.82) is 0 Å². The van der Waals surface area contributed by atoms with E-state index in [0.29, 0.717) is 0 Å². The molecule has 0 saturated carbocycles. The summed E-state index contributed by atoms with van der Waals surface area (Å²) >= 11 is 0. The first-order chi connectivity index (χ1) is 17.3. The van der Waals surface area contributed by atoms with E-state index in [1.54, 1.807) is 0 Å². The van der Waals surface area contributed by atoms with Gasteiger partial charge in [-0.25, -0.2) is 0 Å². The van der Waals surface area contributed by atoms with Gasteiger partial charge >= 0.3 is 0 Å². The molecule has 0 saturated heterocycles. The predicted molar refractivity (Wildman–Crippen MR) is 143 cm³/mol. The highest BCUT2D eigenvalue weighted by atomic mass is 16.5. The van der Waals surface area contributed by atoms with Crippen molar-refractivity contribution in [3.8, 4) is 0 Å². The molecule has 0 aliphatic carbocycles. The lowest BCUT2D eigenvalue weighted by molar-refractivity contribution is -0.0490. The summed E-state index contributed by atoms with van der Waals surface area (Å²) in [4.78, 5) is 0. The van der Waals surface area contributed by atoms with Crippen LogP contribution < -0.4 is 5.32 Å². The van der Waals surface area contributed by atoms with Gasteiger partial charge in [-0.3, -0.25) is 0 Å². The van der Waals surface area contributed by atoms with Gasteiger partial charge in [0, 0.05) is 0 Å². The SMILES string of the molecule is CCCCN[C@H](c1ccccc1)[C@@H](O)COC(c1ccccc1)(c1ccccc1)c1ccccc1. The van der Waals surface area contributed by atoms with Crippen LogP contribution in [-0.4, -0.2) is 24.4 Å². The van der Waals surface area contributed by atoms with Crippen LogP contribution in [0.15, 0.2) is 121 Å². The first-order valence-corrected chi connectivity index (χ1v) is 12.5. The van der Waals surface area contributed by atoms with E-state index in [1.165, 1.54) is 0 Å². The van der Waals surface area contributed by atoms with Crippen molar-refractivity contribution in [2.45, 2.75) is 37.5 Å². The second kappa shape index (κ2) is 12.5. The van der Waals surface area contributed by atoms with E-state index in [-0.39, 0.29) is 12.6 Å². The molecule has 3 nitrogen and oxygen atoms in total. The van der Waals surface area contributed by atoms with Crippen LogP contribution in [0.4, 0.5) is 0 Å². The number of aliphatic hydroxyl groups excluding tert-OH is 1. The number of rotatable bonds is 12. The standard InChI is InChI=1S/C32H35NO2/c1-2-3-24-33-31(26-16-8-4-9-17-26)30(34)25-35-32(27-18-10-5-11-19-27,28-20-12-6-13-21-28)29-22-14-7-15-23-29/h4-23,30-31,33-34H,2-3,24-25H2,1H3/t30-,31+/m0/s1. The maximum Gasteiger partial charge on any atom is 0.143 e. The fraction of sp³-hybridized carbons (Fsp3) is 0.250. The minimum atomic E-state index is -0.852. The summed E-state index contributed by atoms with van der Waals surface area (Å²) in [5, 5.41) is 15.0. The third-order valence-electron chi connectivity index (χ3n) is 6.45. The van der Waals surface area contributed by atoms with Crippen LogP contribution in [0.25, 0.3) is 0 Å². The molecule has 4 aromatic carbocycles. The van der Waals surface area contributed by atoms with Crippen molar-refractivity contribution in [1.82, 2.24) is 5.32 Å². The van der Waals surface area contributed by atoms with Gasteiger partial charge in [0.1, 0.15) is 5.60 Å². The second-order valence-electron chi connectivity index (χ2n) is 8.85. The summed E-state index contributed by atoms with van der Waals surface area (Å²) in [6.07, 6.45) is 1.42. The summed E-state index contributed by atoms with van der Waals surface area (Å²) in [6, 6.07) is 40.8. The van der Waals surface area contributed by atoms with E-state index in [4.69, 9.17) is 4.74 Å². The lowest BCUT2D eigenvalue weighted by atomic mass is 9.80. The zero-order valence-electron chi connectivity index (χ0n) is 20.4. The summed E-state index contributed by atoms with van der Waals surface area (Å²) in [6.45, 7) is 3.18. The van der Waals surface area contributed by atoms with Crippen molar-refractivity contribution >= 4 is 0 Å². The smallest absolute Gasteiger partial charge is 0.143 e. The molecule has 0 fully saturated rings. The average Bonchev–Trinajstić information content (AvgIpc) is 2.94. The molecule has 0 aliphatic rings. The lowest BCUT2D eigenvalue weighted by Gasteiger charge is -2.37. The molecule has 0 heterocycles. The molecule has 4 rings (SSSR count). The fourth-order valence-electron chi connectivity index (χ4n) is 4.65. The minimum Gasteiger partial charge on any atom is -0.389 e. The van der Waals surface area contributed by atoms with Crippen molar-refractivity contribution in [3.05, 3.63) is 144 Å². The van der Waals surface area contributed by atoms with E-state index in [1.807, 2.05) is 72.8 Å². The number of benzene rings is 4. The molecule has 180 valence electrons. The third-order valence-corrected chi connectivity index (χ3v) is 6.45. The first kappa shape index (κ1) is 24.9. The van der Waals surface area contributed by atoms with E-state index < -0.39 is 11.7 Å². The Kier molecular flexibility index (Phi) is 8.85. The molecule has 35 heavy (non-hydrogen) atoms. The zero-order chi connectivity index (χ0) is 24.3. The Morgan fingerprint density at radius 3 is 1.54 bits per heavy atom. The Morgan fingerprint density at radius 2 is 1.11 bits per heavy atom. The highest BCUT2D eigenvalue weighted by molar-refractivity contribution is 5.47. The first-order valence-electron chi connectivity index (χ1n) is 12.5. The molecule has 4 aromatic rings. The molecule has 0 bridgehead atoms. The quantitative estimate of drug-likeness (QED) is 0.186. The van der Waals surface area contributed by atoms with E-state index in [0.717, 1.165) is 41.6 Å². The number of hydrogen-bond acceptors (Lipinski definition) is 3. The van der Waals surface area contributed by atoms with Gasteiger partial charge in [-0.2, -0.15) is 0 Å². The van der Waals surface area contributed by atoms with Crippen LogP contribution in [0.1, 0.15) is 48.1 Å². The maximum absolute atomic E-state index is 11.5. The molecule has 3 heteroatoms. The van der Waals surface area contributed by atoms with Gasteiger partial charge in [0.25, 0.3) is 0 Å². The third kappa shape index (κ3) is 5.88. The van der Waals surface area contributed by atoms with Crippen LogP contribution in [0.2, 0.25) is 0 Å². The highest BCUT2D eigenvalue weighted by Gasteiger charge is 2.38. The Morgan fingerprint density at radius 1 is 0.686 bits per heavy atom. The summed E-state index contributed by atoms with van der Waals surface area (Å²) < 4.78 is 6.87. The van der Waals surface area contributed by atoms with Gasteiger partial charge in [-0.15, -0.1) is 0 Å². The van der Waals surface area contributed by atoms with Gasteiger partial charge in [0.2, 0.25) is 0 Å². The van der Waals surface area contributed by atoms with Crippen molar-refractivity contribution in [2.24, 2.45) is 0 Å². The number of nitrogens with one attached hydrogen (secondary N) is 1. The van der Waals surface area contributed by atoms with Gasteiger partial charge in [0.15, 0.2) is 0 Å². The van der Waals surface area contributed by atoms with E-state index in [9.17, 15) is 5.11 Å². The molecule has 0 aliphatic heterocycles. The molecule has 2 atom stereocenters. The molecule has 0 aromatic heterocycles. The summed E-state index contributed by atoms with van der Waals surface area (Å²) in [7, 11) is 0. The second-order valence-corrected chi connectivity index (χ2v) is 8.85. The molecule has 0 spiro atoms.